The van der Waals surface area contributed by atoms with Crippen molar-refractivity contribution in [2.24, 2.45) is 0 Å². The minimum Gasteiger partial charge on any atom is -0.375 e. The van der Waals surface area contributed by atoms with Gasteiger partial charge in [0.1, 0.15) is 11.5 Å². The Bertz CT molecular complexity index is 865. The molecule has 31 heavy (non-hydrogen) atoms. The van der Waals surface area contributed by atoms with E-state index in [-0.39, 0.29) is 11.1 Å². The molecule has 166 valence electrons. The van der Waals surface area contributed by atoms with Crippen molar-refractivity contribution in [1.82, 2.24) is 14.8 Å². The monoisotopic (exact) mass is 422 g/mol. The number of carbonyl (C=O) groups excluding carboxylic acids is 1. The van der Waals surface area contributed by atoms with Crippen molar-refractivity contribution in [3.8, 4) is 0 Å². The highest BCUT2D eigenvalue weighted by Crippen LogP contribution is 2.37. The number of hydrogen-bond acceptors (Lipinski definition) is 6. The van der Waals surface area contributed by atoms with Crippen molar-refractivity contribution in [3.63, 3.8) is 0 Å². The minimum absolute atomic E-state index is 0.0133. The van der Waals surface area contributed by atoms with Crippen LogP contribution in [0.25, 0.3) is 0 Å². The summed E-state index contributed by atoms with van der Waals surface area (Å²) in [5.41, 5.74) is 1.69. The van der Waals surface area contributed by atoms with Crippen molar-refractivity contribution in [2.45, 2.75) is 44.4 Å². The molecular weight excluding hydrogens is 388 g/mol. The first-order valence-corrected chi connectivity index (χ1v) is 11.3. The number of nitrogens with one attached hydrogen (secondary N) is 1. The summed E-state index contributed by atoms with van der Waals surface area (Å²) >= 11 is 0. The smallest absolute Gasteiger partial charge is 0.168 e. The van der Waals surface area contributed by atoms with Gasteiger partial charge in [0, 0.05) is 51.4 Å². The normalized spacial score (nSPS) is 24.6. The largest absolute Gasteiger partial charge is 0.375 e. The Hall–Kier alpha value is -2.28. The Morgan fingerprint density at radius 2 is 1.84 bits per heavy atom. The number of anilines is 1. The minimum atomic E-state index is -0.154. The number of aromatic nitrogens is 1. The molecular formula is C25H34N4O2. The molecule has 1 N–H and O–H groups in total. The molecule has 4 rings (SSSR count). The van der Waals surface area contributed by atoms with Crippen LogP contribution in [0.15, 0.2) is 48.5 Å². The molecule has 0 bridgehead atoms. The van der Waals surface area contributed by atoms with Gasteiger partial charge in [-0.1, -0.05) is 36.4 Å². The molecule has 2 aromatic rings. The van der Waals surface area contributed by atoms with E-state index in [1.54, 1.807) is 6.07 Å². The summed E-state index contributed by atoms with van der Waals surface area (Å²) in [6, 6.07) is 16.3. The van der Waals surface area contributed by atoms with Crippen LogP contribution in [0.4, 0.5) is 5.82 Å². The molecule has 6 nitrogen and oxygen atoms in total. The zero-order chi connectivity index (χ0) is 21.7. The van der Waals surface area contributed by atoms with E-state index >= 15 is 0 Å². The Balaban J connectivity index is 1.44. The third-order valence-corrected chi connectivity index (χ3v) is 6.60. The molecule has 0 amide bonds. The van der Waals surface area contributed by atoms with Gasteiger partial charge in [-0.25, -0.2) is 4.98 Å². The van der Waals surface area contributed by atoms with Gasteiger partial charge in [-0.3, -0.25) is 14.6 Å². The maximum absolute atomic E-state index is 11.1. The topological polar surface area (TPSA) is 57.7 Å². The van der Waals surface area contributed by atoms with E-state index in [9.17, 15) is 4.79 Å². The Kier molecular flexibility index (Phi) is 6.70. The van der Waals surface area contributed by atoms with Crippen LogP contribution in [0.1, 0.15) is 42.7 Å². The maximum Gasteiger partial charge on any atom is 0.168 e. The number of benzene rings is 1. The Morgan fingerprint density at radius 1 is 1.06 bits per heavy atom. The lowest BCUT2D eigenvalue weighted by Gasteiger charge is -2.53. The SMILES string of the molecule is CC1(C)CC(CNc2cccc(C=O)n2)(N2CCN(Cc3ccccc3)CC2)CCO1. The average molecular weight is 423 g/mol. The van der Waals surface area contributed by atoms with E-state index in [1.165, 1.54) is 5.56 Å². The summed E-state index contributed by atoms with van der Waals surface area (Å²) in [6.07, 6.45) is 2.76. The second kappa shape index (κ2) is 9.47. The van der Waals surface area contributed by atoms with Crippen LogP contribution in [0, 0.1) is 0 Å². The quantitative estimate of drug-likeness (QED) is 0.690. The molecule has 2 fully saturated rings. The van der Waals surface area contributed by atoms with Crippen LogP contribution in [-0.2, 0) is 11.3 Å². The average Bonchev–Trinajstić information content (AvgIpc) is 2.78. The van der Waals surface area contributed by atoms with Crippen LogP contribution in [0.2, 0.25) is 0 Å². The highest BCUT2D eigenvalue weighted by Gasteiger charge is 2.45. The first-order valence-electron chi connectivity index (χ1n) is 11.3. The van der Waals surface area contributed by atoms with Crippen LogP contribution >= 0.6 is 0 Å². The van der Waals surface area contributed by atoms with Gasteiger partial charge in [-0.15, -0.1) is 0 Å². The highest BCUT2D eigenvalue weighted by molar-refractivity contribution is 5.72. The lowest BCUT2D eigenvalue weighted by molar-refractivity contribution is -0.123. The van der Waals surface area contributed by atoms with E-state index in [1.807, 2.05) is 12.1 Å². The van der Waals surface area contributed by atoms with E-state index in [0.29, 0.717) is 5.69 Å². The molecule has 0 aliphatic carbocycles. The molecule has 0 saturated carbocycles. The van der Waals surface area contributed by atoms with Gasteiger partial charge in [0.15, 0.2) is 6.29 Å². The van der Waals surface area contributed by atoms with Crippen LogP contribution < -0.4 is 5.32 Å². The summed E-state index contributed by atoms with van der Waals surface area (Å²) in [7, 11) is 0. The van der Waals surface area contributed by atoms with Crippen molar-refractivity contribution in [1.29, 1.82) is 0 Å². The molecule has 1 unspecified atom stereocenters. The molecule has 2 aliphatic rings. The highest BCUT2D eigenvalue weighted by atomic mass is 16.5. The molecule has 6 heteroatoms. The van der Waals surface area contributed by atoms with E-state index < -0.39 is 0 Å². The second-order valence-corrected chi connectivity index (χ2v) is 9.43. The summed E-state index contributed by atoms with van der Waals surface area (Å²) in [6.45, 7) is 11.2. The Labute approximate surface area is 185 Å². The molecule has 0 radical (unpaired) electrons. The van der Waals surface area contributed by atoms with Crippen molar-refractivity contribution < 1.29 is 9.53 Å². The number of nitrogens with zero attached hydrogens (tertiary/aromatic N) is 3. The van der Waals surface area contributed by atoms with Crippen molar-refractivity contribution >= 4 is 12.1 Å². The van der Waals surface area contributed by atoms with E-state index in [2.05, 4.69) is 64.3 Å². The number of carbonyl (C=O) groups is 1. The maximum atomic E-state index is 11.1. The van der Waals surface area contributed by atoms with E-state index in [0.717, 1.165) is 70.8 Å². The van der Waals surface area contributed by atoms with Crippen LogP contribution in [0.5, 0.6) is 0 Å². The molecule has 1 aromatic carbocycles. The second-order valence-electron chi connectivity index (χ2n) is 9.43. The van der Waals surface area contributed by atoms with Gasteiger partial charge in [0.05, 0.1) is 5.60 Å². The fourth-order valence-corrected chi connectivity index (χ4v) is 5.07. The standard InChI is InChI=1S/C25H34N4O2/c1-24(2)19-25(11-16-31-24,20-26-23-10-6-9-22(18-30)27-23)29-14-12-28(13-15-29)17-21-7-4-3-5-8-21/h3-10,18H,11-17,19-20H2,1-2H3,(H,26,27). The predicted octanol–water partition coefficient (Wildman–Crippen LogP) is 3.45. The molecule has 1 atom stereocenters. The third kappa shape index (κ3) is 5.50. The van der Waals surface area contributed by atoms with Gasteiger partial charge in [0.25, 0.3) is 0 Å². The third-order valence-electron chi connectivity index (χ3n) is 6.60. The van der Waals surface area contributed by atoms with E-state index in [4.69, 9.17) is 4.74 Å². The fraction of sp³-hybridized carbons (Fsp3) is 0.520. The Morgan fingerprint density at radius 3 is 2.55 bits per heavy atom. The number of aldehydes is 1. The molecule has 2 aliphatic heterocycles. The van der Waals surface area contributed by atoms with Gasteiger partial charge in [-0.05, 0) is 44.4 Å². The first-order chi connectivity index (χ1) is 15.0. The summed E-state index contributed by atoms with van der Waals surface area (Å²) in [5.74, 6) is 0.760. The lowest BCUT2D eigenvalue weighted by atomic mass is 9.79. The lowest BCUT2D eigenvalue weighted by Crippen LogP contribution is -2.64. The van der Waals surface area contributed by atoms with Gasteiger partial charge in [-0.2, -0.15) is 0 Å². The predicted molar refractivity (Wildman–Crippen MR) is 123 cm³/mol. The molecule has 0 spiro atoms. The summed E-state index contributed by atoms with van der Waals surface area (Å²) in [5, 5.41) is 3.54. The molecule has 2 saturated heterocycles. The van der Waals surface area contributed by atoms with Crippen LogP contribution in [0.3, 0.4) is 0 Å². The number of piperazine rings is 1. The summed E-state index contributed by atoms with van der Waals surface area (Å²) in [4.78, 5) is 20.7. The number of hydrogen-bond donors (Lipinski definition) is 1. The fourth-order valence-electron chi connectivity index (χ4n) is 5.07. The first kappa shape index (κ1) is 21.9. The molecule has 1 aromatic heterocycles. The zero-order valence-corrected chi connectivity index (χ0v) is 18.7. The zero-order valence-electron chi connectivity index (χ0n) is 18.7. The van der Waals surface area contributed by atoms with Gasteiger partial charge >= 0.3 is 0 Å². The number of rotatable bonds is 7. The van der Waals surface area contributed by atoms with Gasteiger partial charge in [0.2, 0.25) is 0 Å². The van der Waals surface area contributed by atoms with Crippen LogP contribution in [-0.4, -0.2) is 71.5 Å². The number of pyridine rings is 1. The summed E-state index contributed by atoms with van der Waals surface area (Å²) < 4.78 is 6.07. The van der Waals surface area contributed by atoms with Crippen molar-refractivity contribution in [2.75, 3.05) is 44.6 Å². The van der Waals surface area contributed by atoms with Crippen molar-refractivity contribution in [3.05, 3.63) is 59.8 Å². The number of ether oxygens (including phenoxy) is 1. The molecule has 3 heterocycles. The van der Waals surface area contributed by atoms with Gasteiger partial charge < -0.3 is 10.1 Å².